The van der Waals surface area contributed by atoms with E-state index in [2.05, 4.69) is 121 Å². The third-order valence-electron chi connectivity index (χ3n) is 9.69. The van der Waals surface area contributed by atoms with E-state index in [1.54, 1.807) is 0 Å². The van der Waals surface area contributed by atoms with E-state index in [0.717, 1.165) is 94.1 Å². The maximum Gasteiger partial charge on any atom is 0.160 e. The third-order valence-corrected chi connectivity index (χ3v) is 9.69. The molecule has 4 heteroatoms. The highest BCUT2D eigenvalue weighted by atomic mass is 16.3. The van der Waals surface area contributed by atoms with E-state index in [9.17, 15) is 0 Å². The van der Waals surface area contributed by atoms with Crippen molar-refractivity contribution in [2.45, 2.75) is 0 Å². The lowest BCUT2D eigenvalue weighted by Gasteiger charge is -2.13. The maximum atomic E-state index is 6.33. The van der Waals surface area contributed by atoms with Gasteiger partial charge in [-0.15, -0.1) is 0 Å². The van der Waals surface area contributed by atoms with Gasteiger partial charge in [0.15, 0.2) is 5.82 Å². The largest absolute Gasteiger partial charge is 0.456 e. The van der Waals surface area contributed by atoms with Crippen LogP contribution in [-0.4, -0.2) is 15.0 Å². The van der Waals surface area contributed by atoms with Gasteiger partial charge in [-0.1, -0.05) is 146 Å². The minimum absolute atomic E-state index is 0.692. The predicted molar refractivity (Wildman–Crippen MR) is 209 cm³/mol. The first-order chi connectivity index (χ1) is 25.3. The number of fused-ring (bicyclic) bond motifs is 7. The number of pyridine rings is 1. The Morgan fingerprint density at radius 2 is 0.902 bits per heavy atom. The summed E-state index contributed by atoms with van der Waals surface area (Å²) in [5.41, 5.74) is 11.8. The Kier molecular flexibility index (Phi) is 6.78. The first kappa shape index (κ1) is 29.0. The molecule has 0 N–H and O–H groups in total. The van der Waals surface area contributed by atoms with Gasteiger partial charge in [0.1, 0.15) is 11.2 Å². The summed E-state index contributed by atoms with van der Waals surface area (Å²) in [5, 5.41) is 5.60. The van der Waals surface area contributed by atoms with Crippen LogP contribution in [0.3, 0.4) is 0 Å². The van der Waals surface area contributed by atoms with E-state index in [4.69, 9.17) is 19.4 Å². The summed E-state index contributed by atoms with van der Waals surface area (Å²) in [6, 6.07) is 60.7. The zero-order valence-corrected chi connectivity index (χ0v) is 27.5. The van der Waals surface area contributed by atoms with Gasteiger partial charge in [0.05, 0.1) is 22.6 Å². The zero-order chi connectivity index (χ0) is 33.7. The predicted octanol–water partition coefficient (Wildman–Crippen LogP) is 12.4. The summed E-state index contributed by atoms with van der Waals surface area (Å²) in [4.78, 5) is 15.4. The van der Waals surface area contributed by atoms with Crippen LogP contribution in [0.15, 0.2) is 180 Å². The molecule has 0 radical (unpaired) electrons. The van der Waals surface area contributed by atoms with Gasteiger partial charge in [0, 0.05) is 49.2 Å². The quantitative estimate of drug-likeness (QED) is 0.174. The molecule has 0 saturated heterocycles. The number of benzene rings is 7. The molecule has 0 aliphatic rings. The lowest BCUT2D eigenvalue weighted by Crippen LogP contribution is -1.96. The molecule has 0 aliphatic heterocycles. The van der Waals surface area contributed by atoms with E-state index in [1.165, 1.54) is 0 Å². The van der Waals surface area contributed by atoms with Crippen LogP contribution in [-0.2, 0) is 0 Å². The summed E-state index contributed by atoms with van der Waals surface area (Å²) in [5.74, 6) is 0.692. The topological polar surface area (TPSA) is 51.8 Å². The number of hydrogen-bond acceptors (Lipinski definition) is 4. The van der Waals surface area contributed by atoms with Crippen LogP contribution in [0.4, 0.5) is 0 Å². The van der Waals surface area contributed by atoms with Gasteiger partial charge in [-0.3, -0.25) is 0 Å². The molecule has 238 valence electrons. The van der Waals surface area contributed by atoms with E-state index in [1.807, 2.05) is 54.6 Å². The highest BCUT2D eigenvalue weighted by Gasteiger charge is 2.18. The third kappa shape index (κ3) is 5.04. The first-order valence-corrected chi connectivity index (χ1v) is 17.1. The molecule has 0 bridgehead atoms. The standard InChI is InChI=1S/C47H29N3O/c1-4-12-31(13-5-1)39-29-40(32-14-6-2-7-15-32)50-47(49-39)34-22-20-30(21-23-34)35-24-25-36-41(28-35)48-46(33-16-8-3-9-17-33)38-26-27-43-45(44(36)38)37-18-10-11-19-42(37)51-43/h1-29H. The molecule has 10 aromatic rings. The molecule has 0 spiro atoms. The molecule has 51 heavy (non-hydrogen) atoms. The van der Waals surface area contributed by atoms with Gasteiger partial charge in [-0.2, -0.15) is 0 Å². The van der Waals surface area contributed by atoms with Gasteiger partial charge < -0.3 is 4.42 Å². The number of para-hydroxylation sites is 1. The van der Waals surface area contributed by atoms with E-state index < -0.39 is 0 Å². The Balaban J connectivity index is 1.12. The summed E-state index contributed by atoms with van der Waals surface area (Å²) >= 11 is 0. The van der Waals surface area contributed by atoms with E-state index in [-0.39, 0.29) is 0 Å². The number of nitrogens with zero attached hydrogens (tertiary/aromatic N) is 3. The van der Waals surface area contributed by atoms with Crippen molar-refractivity contribution in [2.75, 3.05) is 0 Å². The fraction of sp³-hybridized carbons (Fsp3) is 0. The van der Waals surface area contributed by atoms with Gasteiger partial charge in [0.2, 0.25) is 0 Å². The zero-order valence-electron chi connectivity index (χ0n) is 27.5. The summed E-state index contributed by atoms with van der Waals surface area (Å²) in [6.07, 6.45) is 0. The monoisotopic (exact) mass is 651 g/mol. The Morgan fingerprint density at radius 1 is 0.333 bits per heavy atom. The van der Waals surface area contributed by atoms with Crippen LogP contribution in [0.1, 0.15) is 0 Å². The smallest absolute Gasteiger partial charge is 0.160 e. The minimum atomic E-state index is 0.692. The Labute approximate surface area is 294 Å². The number of rotatable bonds is 5. The molecular formula is C47H29N3O. The summed E-state index contributed by atoms with van der Waals surface area (Å²) in [6.45, 7) is 0. The summed E-state index contributed by atoms with van der Waals surface area (Å²) in [7, 11) is 0. The summed E-state index contributed by atoms with van der Waals surface area (Å²) < 4.78 is 6.33. The Bertz CT molecular complexity index is 2820. The van der Waals surface area contributed by atoms with Crippen LogP contribution in [0.2, 0.25) is 0 Å². The Morgan fingerprint density at radius 3 is 1.59 bits per heavy atom. The van der Waals surface area contributed by atoms with Gasteiger partial charge in [-0.05, 0) is 41.5 Å². The molecular weight excluding hydrogens is 623 g/mol. The van der Waals surface area contributed by atoms with E-state index >= 15 is 0 Å². The van der Waals surface area contributed by atoms with Crippen LogP contribution in [0, 0.1) is 0 Å². The van der Waals surface area contributed by atoms with Gasteiger partial charge in [-0.25, -0.2) is 15.0 Å². The normalized spacial score (nSPS) is 11.5. The van der Waals surface area contributed by atoms with Crippen LogP contribution in [0.5, 0.6) is 0 Å². The van der Waals surface area contributed by atoms with E-state index in [0.29, 0.717) is 5.82 Å². The number of aromatic nitrogens is 3. The number of hydrogen-bond donors (Lipinski definition) is 0. The average molecular weight is 652 g/mol. The van der Waals surface area contributed by atoms with Crippen LogP contribution in [0.25, 0.3) is 99.9 Å². The fourth-order valence-electron chi connectivity index (χ4n) is 7.21. The molecule has 0 saturated carbocycles. The highest BCUT2D eigenvalue weighted by Crippen LogP contribution is 2.42. The van der Waals surface area contributed by atoms with Crippen molar-refractivity contribution >= 4 is 43.6 Å². The average Bonchev–Trinajstić information content (AvgIpc) is 3.60. The fourth-order valence-corrected chi connectivity index (χ4v) is 7.21. The second kappa shape index (κ2) is 11.9. The molecule has 3 aromatic heterocycles. The molecule has 0 aliphatic carbocycles. The molecule has 10 rings (SSSR count). The minimum Gasteiger partial charge on any atom is -0.456 e. The van der Waals surface area contributed by atoms with Gasteiger partial charge >= 0.3 is 0 Å². The van der Waals surface area contributed by atoms with Crippen LogP contribution >= 0.6 is 0 Å². The second-order valence-corrected chi connectivity index (χ2v) is 12.8. The lowest BCUT2D eigenvalue weighted by atomic mass is 9.94. The van der Waals surface area contributed by atoms with Crippen molar-refractivity contribution in [2.24, 2.45) is 0 Å². The molecule has 0 atom stereocenters. The maximum absolute atomic E-state index is 6.33. The Hall–Kier alpha value is -6.91. The van der Waals surface area contributed by atoms with Crippen molar-refractivity contribution in [1.29, 1.82) is 0 Å². The second-order valence-electron chi connectivity index (χ2n) is 12.8. The van der Waals surface area contributed by atoms with Crippen molar-refractivity contribution in [3.63, 3.8) is 0 Å². The molecule has 0 amide bonds. The molecule has 4 nitrogen and oxygen atoms in total. The van der Waals surface area contributed by atoms with Crippen molar-refractivity contribution in [1.82, 2.24) is 15.0 Å². The van der Waals surface area contributed by atoms with Crippen molar-refractivity contribution in [3.05, 3.63) is 176 Å². The van der Waals surface area contributed by atoms with Gasteiger partial charge in [0.25, 0.3) is 0 Å². The van der Waals surface area contributed by atoms with Crippen LogP contribution < -0.4 is 0 Å². The SMILES string of the molecule is c1ccc(-c2cc(-c3ccccc3)nc(-c3ccc(-c4ccc5c(c4)nc(-c4ccccc4)c4ccc6oc7ccccc7c6c45)cc3)n2)cc1. The molecule has 7 aromatic carbocycles. The lowest BCUT2D eigenvalue weighted by molar-refractivity contribution is 0.669. The molecule has 0 unspecified atom stereocenters. The molecule has 0 fully saturated rings. The van der Waals surface area contributed by atoms with Crippen molar-refractivity contribution < 1.29 is 4.42 Å². The highest BCUT2D eigenvalue weighted by molar-refractivity contribution is 6.28. The number of furan rings is 1. The van der Waals surface area contributed by atoms with Crippen molar-refractivity contribution in [3.8, 4) is 56.3 Å². The first-order valence-electron chi connectivity index (χ1n) is 17.1. The molecule has 3 heterocycles.